The Morgan fingerprint density at radius 3 is 2.75 bits per heavy atom. The Balaban J connectivity index is 1.49. The molecule has 3 atom stereocenters. The van der Waals surface area contributed by atoms with E-state index >= 15 is 0 Å². The third-order valence-corrected chi connectivity index (χ3v) is 9.10. The average Bonchev–Trinajstić information content (AvgIpc) is 3.12. The van der Waals surface area contributed by atoms with Gasteiger partial charge in [-0.2, -0.15) is 0 Å². The molecule has 3 unspecified atom stereocenters. The van der Waals surface area contributed by atoms with Crippen LogP contribution >= 0.6 is 11.6 Å². The zero-order valence-corrected chi connectivity index (χ0v) is 24.7. The third-order valence-electron chi connectivity index (χ3n) is 7.77. The van der Waals surface area contributed by atoms with Gasteiger partial charge < -0.3 is 14.4 Å². The Kier molecular flexibility index (Phi) is 9.33. The number of carbonyl (C=O) groups excluding carboxylic acids is 1. The van der Waals surface area contributed by atoms with Gasteiger partial charge in [0.2, 0.25) is 5.91 Å². The number of halogens is 1. The van der Waals surface area contributed by atoms with E-state index in [2.05, 4.69) is 35.6 Å². The number of amides is 1. The van der Waals surface area contributed by atoms with Gasteiger partial charge in [-0.25, -0.2) is 4.21 Å². The number of aryl methyl sites for hydroxylation is 1. The molecule has 4 bridgehead atoms. The van der Waals surface area contributed by atoms with Crippen molar-refractivity contribution in [3.63, 3.8) is 0 Å². The first kappa shape index (κ1) is 28.5. The number of hydrogen-bond donors (Lipinski definition) is 1. The van der Waals surface area contributed by atoms with Crippen molar-refractivity contribution in [2.24, 2.45) is 5.92 Å². The van der Waals surface area contributed by atoms with Crippen LogP contribution < -0.4 is 19.1 Å². The maximum Gasteiger partial charge on any atom is 0.236 e. The second kappa shape index (κ2) is 13.1. The van der Waals surface area contributed by atoms with E-state index in [0.717, 1.165) is 66.5 Å². The van der Waals surface area contributed by atoms with Gasteiger partial charge in [0.1, 0.15) is 11.5 Å². The number of carbonyl (C=O) groups is 1. The number of ether oxygens (including phenoxy) is 2. The third kappa shape index (κ3) is 6.81. The molecule has 3 aromatic rings. The van der Waals surface area contributed by atoms with Crippen LogP contribution in [0, 0.1) is 5.92 Å². The highest BCUT2D eigenvalue weighted by Crippen LogP contribution is 2.38. The molecule has 5 rings (SSSR count). The van der Waals surface area contributed by atoms with Gasteiger partial charge >= 0.3 is 0 Å². The van der Waals surface area contributed by atoms with Gasteiger partial charge in [-0.3, -0.25) is 9.52 Å². The maximum atomic E-state index is 13.2. The second-order valence-corrected chi connectivity index (χ2v) is 12.3. The van der Waals surface area contributed by atoms with E-state index in [0.29, 0.717) is 24.0 Å². The van der Waals surface area contributed by atoms with Gasteiger partial charge in [0.25, 0.3) is 0 Å². The molecule has 6 nitrogen and oxygen atoms in total. The lowest BCUT2D eigenvalue weighted by atomic mass is 9.92. The molecule has 0 saturated heterocycles. The van der Waals surface area contributed by atoms with Crippen molar-refractivity contribution in [2.75, 3.05) is 31.2 Å². The summed E-state index contributed by atoms with van der Waals surface area (Å²) in [6.45, 7) is 7.08. The number of benzene rings is 3. The Bertz CT molecular complexity index is 1380. The zero-order chi connectivity index (χ0) is 28.1. The largest absolute Gasteiger partial charge is 0.493 e. The summed E-state index contributed by atoms with van der Waals surface area (Å²) in [5.41, 5.74) is 4.25. The minimum Gasteiger partial charge on any atom is -0.493 e. The Hall–Kier alpha value is -3.03. The van der Waals surface area contributed by atoms with Gasteiger partial charge in [0, 0.05) is 24.0 Å². The SMILES string of the molecule is CCCc1cc(Cl)ccc1C1COc2ccc3cc2N(CCC(CC)COc2cccc(c2)CC(=O)NS3=O)C1. The number of hydrogen-bond acceptors (Lipinski definition) is 5. The number of nitrogens with zero attached hydrogens (tertiary/aromatic N) is 1. The zero-order valence-electron chi connectivity index (χ0n) is 23.2. The van der Waals surface area contributed by atoms with Crippen molar-refractivity contribution >= 4 is 34.2 Å². The highest BCUT2D eigenvalue weighted by molar-refractivity contribution is 7.83. The van der Waals surface area contributed by atoms with Gasteiger partial charge in [0.05, 0.1) is 30.2 Å². The molecule has 40 heavy (non-hydrogen) atoms. The fourth-order valence-corrected chi connectivity index (χ4v) is 6.54. The van der Waals surface area contributed by atoms with Crippen LogP contribution in [-0.2, 0) is 28.6 Å². The van der Waals surface area contributed by atoms with Crippen LogP contribution in [0.25, 0.3) is 0 Å². The van der Waals surface area contributed by atoms with Crippen LogP contribution in [0.1, 0.15) is 55.7 Å². The van der Waals surface area contributed by atoms with E-state index in [1.54, 1.807) is 6.07 Å². The molecule has 212 valence electrons. The fraction of sp³-hybridized carbons (Fsp3) is 0.406. The summed E-state index contributed by atoms with van der Waals surface area (Å²) >= 11 is 6.37. The molecule has 2 aliphatic rings. The smallest absolute Gasteiger partial charge is 0.236 e. The van der Waals surface area contributed by atoms with Crippen molar-refractivity contribution in [2.45, 2.75) is 56.8 Å². The van der Waals surface area contributed by atoms with E-state index < -0.39 is 11.0 Å². The number of rotatable bonds is 4. The summed E-state index contributed by atoms with van der Waals surface area (Å²) in [5, 5.41) is 0.750. The van der Waals surface area contributed by atoms with Gasteiger partial charge in [-0.05, 0) is 84.3 Å². The average molecular weight is 581 g/mol. The van der Waals surface area contributed by atoms with Crippen molar-refractivity contribution < 1.29 is 18.5 Å². The molecule has 0 spiro atoms. The summed E-state index contributed by atoms with van der Waals surface area (Å²) < 4.78 is 28.5. The molecule has 1 N–H and O–H groups in total. The molecule has 0 fully saturated rings. The molecule has 0 aromatic heterocycles. The maximum absolute atomic E-state index is 13.2. The lowest BCUT2D eigenvalue weighted by Crippen LogP contribution is -2.32. The predicted molar refractivity (Wildman–Crippen MR) is 161 cm³/mol. The summed E-state index contributed by atoms with van der Waals surface area (Å²) in [7, 11) is -1.69. The van der Waals surface area contributed by atoms with Crippen LogP contribution in [-0.4, -0.2) is 36.4 Å². The standard InChI is InChI=1S/C32H37ClN2O4S/c1-3-6-24-17-26(33)9-11-29(24)25-19-35-14-13-22(4-2)20-38-27-8-5-7-23(15-27)16-32(36)34-40(37)28-10-12-31(39-21-25)30(35)18-28/h5,7-12,15,17-18,22,25H,3-4,6,13-14,16,19-21H2,1-2H3,(H,34,36). The van der Waals surface area contributed by atoms with E-state index in [9.17, 15) is 9.00 Å². The molecule has 0 radical (unpaired) electrons. The van der Waals surface area contributed by atoms with Gasteiger partial charge in [-0.1, -0.05) is 50.1 Å². The minimum absolute atomic E-state index is 0.128. The molecule has 0 aliphatic carbocycles. The Morgan fingerprint density at radius 2 is 1.93 bits per heavy atom. The van der Waals surface area contributed by atoms with Crippen LogP contribution in [0.15, 0.2) is 65.6 Å². The molecule has 2 aliphatic heterocycles. The van der Waals surface area contributed by atoms with E-state index in [1.165, 1.54) is 11.1 Å². The molecule has 0 saturated carbocycles. The number of anilines is 1. The quantitative estimate of drug-likeness (QED) is 0.383. The first-order valence-corrected chi connectivity index (χ1v) is 15.7. The monoisotopic (exact) mass is 580 g/mol. The van der Waals surface area contributed by atoms with Crippen molar-refractivity contribution in [3.8, 4) is 11.5 Å². The summed E-state index contributed by atoms with van der Waals surface area (Å²) in [4.78, 5) is 15.7. The van der Waals surface area contributed by atoms with E-state index in [4.69, 9.17) is 21.1 Å². The highest BCUT2D eigenvalue weighted by atomic mass is 35.5. The van der Waals surface area contributed by atoms with Crippen molar-refractivity contribution in [1.29, 1.82) is 0 Å². The Labute approximate surface area is 244 Å². The van der Waals surface area contributed by atoms with Crippen molar-refractivity contribution in [3.05, 3.63) is 82.4 Å². The molecule has 2 heterocycles. The molecule has 8 heteroatoms. The normalized spacial score (nSPS) is 21.5. The minimum atomic E-state index is -1.69. The highest BCUT2D eigenvalue weighted by Gasteiger charge is 2.27. The van der Waals surface area contributed by atoms with Gasteiger partial charge in [0.15, 0.2) is 11.0 Å². The summed E-state index contributed by atoms with van der Waals surface area (Å²) in [6, 6.07) is 19.3. The fourth-order valence-electron chi connectivity index (χ4n) is 5.53. The molecule has 1 amide bonds. The van der Waals surface area contributed by atoms with Crippen LogP contribution in [0.4, 0.5) is 5.69 Å². The Morgan fingerprint density at radius 1 is 1.05 bits per heavy atom. The predicted octanol–water partition coefficient (Wildman–Crippen LogP) is 6.47. The lowest BCUT2D eigenvalue weighted by Gasteiger charge is -2.29. The number of nitrogens with one attached hydrogen (secondary N) is 1. The van der Waals surface area contributed by atoms with Crippen LogP contribution in [0.5, 0.6) is 11.5 Å². The second-order valence-electron chi connectivity index (χ2n) is 10.7. The molecular weight excluding hydrogens is 544 g/mol. The van der Waals surface area contributed by atoms with Crippen LogP contribution in [0.2, 0.25) is 5.02 Å². The number of fused-ring (bicyclic) bond motifs is 3. The van der Waals surface area contributed by atoms with E-state index in [1.807, 2.05) is 42.5 Å². The summed E-state index contributed by atoms with van der Waals surface area (Å²) in [5.74, 6) is 1.71. The summed E-state index contributed by atoms with van der Waals surface area (Å²) in [6.07, 6.45) is 4.05. The first-order valence-electron chi connectivity index (χ1n) is 14.2. The molecule has 3 aromatic carbocycles. The van der Waals surface area contributed by atoms with Crippen LogP contribution in [0.3, 0.4) is 0 Å². The lowest BCUT2D eigenvalue weighted by molar-refractivity contribution is -0.118. The first-order chi connectivity index (χ1) is 19.4. The topological polar surface area (TPSA) is 67.9 Å². The molecular formula is C32H37ClN2O4S. The van der Waals surface area contributed by atoms with Gasteiger partial charge in [-0.15, -0.1) is 0 Å². The van der Waals surface area contributed by atoms with Crippen molar-refractivity contribution in [1.82, 2.24) is 4.72 Å². The van der Waals surface area contributed by atoms with E-state index in [-0.39, 0.29) is 18.2 Å².